The largest absolute Gasteiger partial charge is 0.315 e. The average molecular weight is 306 g/mol. The van der Waals surface area contributed by atoms with E-state index >= 15 is 0 Å². The van der Waals surface area contributed by atoms with Gasteiger partial charge in [0.15, 0.2) is 0 Å². The second-order valence-electron chi connectivity index (χ2n) is 4.77. The lowest BCUT2D eigenvalue weighted by molar-refractivity contribution is 0.662. The van der Waals surface area contributed by atoms with Crippen molar-refractivity contribution in [1.82, 2.24) is 15.1 Å². The molecule has 0 radical (unpaired) electrons. The number of nitrogens with one attached hydrogen (secondary N) is 1. The Kier molecular flexibility index (Phi) is 3.78. The normalized spacial score (nSPS) is 11.3. The maximum Gasteiger partial charge on any atom is 0.0815 e. The van der Waals surface area contributed by atoms with Crippen molar-refractivity contribution in [2.45, 2.75) is 20.0 Å². The van der Waals surface area contributed by atoms with Crippen molar-refractivity contribution in [2.75, 3.05) is 7.05 Å². The molecule has 1 N–H and O–H groups in total. The topological polar surface area (TPSA) is 29.9 Å². The third kappa shape index (κ3) is 2.35. The van der Waals surface area contributed by atoms with Crippen molar-refractivity contribution in [2.24, 2.45) is 0 Å². The van der Waals surface area contributed by atoms with Gasteiger partial charge in [-0.25, -0.2) is 0 Å². The Hall–Kier alpha value is -1.36. The standard InChI is InChI=1S/C15H16ClN3S/c1-10-13(16)7-18-19(10)9-12-11-5-3-4-6-14(11)20-15(12)8-17-2/h3-7,17H,8-9H2,1-2H3. The summed E-state index contributed by atoms with van der Waals surface area (Å²) >= 11 is 7.94. The summed E-state index contributed by atoms with van der Waals surface area (Å²) in [6.45, 7) is 3.64. The number of rotatable bonds is 4. The number of thiophene rings is 1. The Morgan fingerprint density at radius 2 is 2.15 bits per heavy atom. The maximum absolute atomic E-state index is 6.10. The fourth-order valence-corrected chi connectivity index (χ4v) is 3.73. The molecule has 0 bridgehead atoms. The Labute approximate surface area is 127 Å². The van der Waals surface area contributed by atoms with Crippen LogP contribution in [0.5, 0.6) is 0 Å². The van der Waals surface area contributed by atoms with Crippen LogP contribution in [-0.4, -0.2) is 16.8 Å². The number of aromatic nitrogens is 2. The van der Waals surface area contributed by atoms with Crippen LogP contribution in [0.15, 0.2) is 30.5 Å². The minimum atomic E-state index is 0.722. The number of halogens is 1. The Balaban J connectivity index is 2.09. The van der Waals surface area contributed by atoms with E-state index in [1.807, 2.05) is 30.0 Å². The number of hydrogen-bond acceptors (Lipinski definition) is 3. The van der Waals surface area contributed by atoms with Gasteiger partial charge in [0.1, 0.15) is 0 Å². The summed E-state index contributed by atoms with van der Waals surface area (Å²) in [7, 11) is 1.98. The highest BCUT2D eigenvalue weighted by Gasteiger charge is 2.13. The third-order valence-electron chi connectivity index (χ3n) is 3.47. The summed E-state index contributed by atoms with van der Waals surface area (Å²) in [6.07, 6.45) is 1.71. The molecule has 0 aliphatic heterocycles. The molecule has 0 aliphatic rings. The van der Waals surface area contributed by atoms with Crippen LogP contribution in [-0.2, 0) is 13.1 Å². The van der Waals surface area contributed by atoms with Crippen molar-refractivity contribution in [1.29, 1.82) is 0 Å². The van der Waals surface area contributed by atoms with E-state index in [9.17, 15) is 0 Å². The number of hydrogen-bond donors (Lipinski definition) is 1. The molecular formula is C15H16ClN3S. The van der Waals surface area contributed by atoms with Crippen molar-refractivity contribution in [3.63, 3.8) is 0 Å². The lowest BCUT2D eigenvalue weighted by Crippen LogP contribution is -2.09. The van der Waals surface area contributed by atoms with Gasteiger partial charge in [-0.2, -0.15) is 5.10 Å². The van der Waals surface area contributed by atoms with Gasteiger partial charge in [-0.3, -0.25) is 4.68 Å². The van der Waals surface area contributed by atoms with Crippen molar-refractivity contribution >= 4 is 33.0 Å². The minimum absolute atomic E-state index is 0.722. The highest BCUT2D eigenvalue weighted by Crippen LogP contribution is 2.32. The zero-order chi connectivity index (χ0) is 14.1. The fraction of sp³-hybridized carbons (Fsp3) is 0.267. The molecule has 0 atom stereocenters. The molecule has 3 nitrogen and oxygen atoms in total. The van der Waals surface area contributed by atoms with Gasteiger partial charge in [0.25, 0.3) is 0 Å². The smallest absolute Gasteiger partial charge is 0.0815 e. The van der Waals surface area contributed by atoms with E-state index in [0.717, 1.165) is 23.8 Å². The zero-order valence-electron chi connectivity index (χ0n) is 11.5. The summed E-state index contributed by atoms with van der Waals surface area (Å²) in [6, 6.07) is 8.53. The monoisotopic (exact) mass is 305 g/mol. The van der Waals surface area contributed by atoms with Crippen LogP contribution in [0.25, 0.3) is 10.1 Å². The van der Waals surface area contributed by atoms with Gasteiger partial charge >= 0.3 is 0 Å². The molecule has 0 amide bonds. The molecule has 0 saturated heterocycles. The van der Waals surface area contributed by atoms with E-state index in [4.69, 9.17) is 11.6 Å². The molecule has 2 heterocycles. The van der Waals surface area contributed by atoms with Crippen LogP contribution in [0.3, 0.4) is 0 Å². The van der Waals surface area contributed by atoms with Crippen molar-refractivity contribution < 1.29 is 0 Å². The Bertz CT molecular complexity index is 745. The molecule has 0 aliphatic carbocycles. The highest BCUT2D eigenvalue weighted by atomic mass is 35.5. The first-order valence-electron chi connectivity index (χ1n) is 6.52. The molecule has 1 aromatic carbocycles. The molecule has 0 unspecified atom stereocenters. The summed E-state index contributed by atoms with van der Waals surface area (Å²) < 4.78 is 3.29. The van der Waals surface area contributed by atoms with Crippen LogP contribution in [0.2, 0.25) is 5.02 Å². The van der Waals surface area contributed by atoms with E-state index in [-0.39, 0.29) is 0 Å². The molecule has 5 heteroatoms. The molecule has 3 aromatic rings. The second-order valence-corrected chi connectivity index (χ2v) is 6.31. The minimum Gasteiger partial charge on any atom is -0.315 e. The van der Waals surface area contributed by atoms with E-state index in [1.165, 1.54) is 20.5 Å². The van der Waals surface area contributed by atoms with Gasteiger partial charge in [-0.1, -0.05) is 29.8 Å². The van der Waals surface area contributed by atoms with E-state index in [2.05, 4.69) is 34.7 Å². The van der Waals surface area contributed by atoms with Gasteiger partial charge in [0.2, 0.25) is 0 Å². The molecular weight excluding hydrogens is 290 g/mol. The number of benzene rings is 1. The summed E-state index contributed by atoms with van der Waals surface area (Å²) in [5, 5.41) is 9.65. The molecule has 20 heavy (non-hydrogen) atoms. The first-order valence-corrected chi connectivity index (χ1v) is 7.72. The van der Waals surface area contributed by atoms with Crippen molar-refractivity contribution in [3.8, 4) is 0 Å². The van der Waals surface area contributed by atoms with E-state index < -0.39 is 0 Å². The maximum atomic E-state index is 6.10. The molecule has 0 fully saturated rings. The lowest BCUT2D eigenvalue weighted by atomic mass is 10.1. The Morgan fingerprint density at radius 3 is 2.85 bits per heavy atom. The van der Waals surface area contributed by atoms with Crippen LogP contribution >= 0.6 is 22.9 Å². The number of nitrogens with zero attached hydrogens (tertiary/aromatic N) is 2. The van der Waals surface area contributed by atoms with Crippen LogP contribution in [0, 0.1) is 6.92 Å². The van der Waals surface area contributed by atoms with Crippen LogP contribution < -0.4 is 5.32 Å². The Morgan fingerprint density at radius 1 is 1.35 bits per heavy atom. The molecule has 0 saturated carbocycles. The van der Waals surface area contributed by atoms with Gasteiger partial charge in [0.05, 0.1) is 23.5 Å². The van der Waals surface area contributed by atoms with Gasteiger partial charge in [0, 0.05) is 16.1 Å². The second kappa shape index (κ2) is 5.56. The number of fused-ring (bicyclic) bond motifs is 1. The molecule has 0 spiro atoms. The van der Waals surface area contributed by atoms with Crippen molar-refractivity contribution in [3.05, 3.63) is 51.6 Å². The van der Waals surface area contributed by atoms with Crippen LogP contribution in [0.4, 0.5) is 0 Å². The summed E-state index contributed by atoms with van der Waals surface area (Å²) in [5.41, 5.74) is 2.35. The summed E-state index contributed by atoms with van der Waals surface area (Å²) in [5.74, 6) is 0. The first-order chi connectivity index (χ1) is 9.70. The SMILES string of the molecule is CNCc1sc2ccccc2c1Cn1ncc(Cl)c1C. The van der Waals surface area contributed by atoms with E-state index in [0.29, 0.717) is 0 Å². The quantitative estimate of drug-likeness (QED) is 0.794. The third-order valence-corrected chi connectivity index (χ3v) is 5.05. The lowest BCUT2D eigenvalue weighted by Gasteiger charge is -2.07. The molecule has 3 rings (SSSR count). The van der Waals surface area contributed by atoms with Gasteiger partial charge in [-0.15, -0.1) is 11.3 Å². The predicted octanol–water partition coefficient (Wildman–Crippen LogP) is 3.83. The van der Waals surface area contributed by atoms with Crippen LogP contribution in [0.1, 0.15) is 16.1 Å². The average Bonchev–Trinajstić information content (AvgIpc) is 2.95. The van der Waals surface area contributed by atoms with Gasteiger partial charge < -0.3 is 5.32 Å². The first kappa shape index (κ1) is 13.6. The van der Waals surface area contributed by atoms with Gasteiger partial charge in [-0.05, 0) is 31.0 Å². The van der Waals surface area contributed by atoms with E-state index in [1.54, 1.807) is 6.20 Å². The predicted molar refractivity (Wildman–Crippen MR) is 85.7 cm³/mol. The highest BCUT2D eigenvalue weighted by molar-refractivity contribution is 7.19. The molecule has 2 aromatic heterocycles. The molecule has 104 valence electrons. The fourth-order valence-electron chi connectivity index (χ4n) is 2.36. The summed E-state index contributed by atoms with van der Waals surface area (Å²) in [4.78, 5) is 1.36. The zero-order valence-corrected chi connectivity index (χ0v) is 13.1.